The summed E-state index contributed by atoms with van der Waals surface area (Å²) < 4.78 is 4.84. The molecule has 106 valence electrons. The summed E-state index contributed by atoms with van der Waals surface area (Å²) in [6.07, 6.45) is 3.81. The topological polar surface area (TPSA) is 79.5 Å². The summed E-state index contributed by atoms with van der Waals surface area (Å²) in [5.74, 6) is -0.754. The van der Waals surface area contributed by atoms with E-state index in [9.17, 15) is 9.59 Å². The van der Waals surface area contributed by atoms with E-state index >= 15 is 0 Å². The first-order valence-electron chi connectivity index (χ1n) is 6.27. The summed E-state index contributed by atoms with van der Waals surface area (Å²) in [7, 11) is 0. The molecule has 1 heterocycles. The summed E-state index contributed by atoms with van der Waals surface area (Å²) in [6, 6.07) is 1.51. The van der Waals surface area contributed by atoms with Crippen molar-refractivity contribution in [3.05, 3.63) is 23.1 Å². The van der Waals surface area contributed by atoms with Crippen molar-refractivity contribution in [1.29, 1.82) is 0 Å². The maximum absolute atomic E-state index is 11.7. The van der Waals surface area contributed by atoms with Crippen LogP contribution in [-0.2, 0) is 4.79 Å². The minimum absolute atomic E-state index is 0.0791. The summed E-state index contributed by atoms with van der Waals surface area (Å²) in [5, 5.41) is 11.5. The Bertz CT molecular complexity index is 430. The van der Waals surface area contributed by atoms with Crippen molar-refractivity contribution < 1.29 is 19.1 Å². The van der Waals surface area contributed by atoms with E-state index in [4.69, 9.17) is 21.1 Å². The number of carboxylic acids is 1. The van der Waals surface area contributed by atoms with E-state index in [0.717, 1.165) is 12.8 Å². The van der Waals surface area contributed by atoms with E-state index in [1.165, 1.54) is 12.3 Å². The van der Waals surface area contributed by atoms with Crippen molar-refractivity contribution >= 4 is 23.5 Å². The molecule has 6 heteroatoms. The number of carbonyl (C=O) groups excluding carboxylic acids is 1. The van der Waals surface area contributed by atoms with Crippen molar-refractivity contribution in [3.63, 3.8) is 0 Å². The second kappa shape index (κ2) is 7.84. The lowest BCUT2D eigenvalue weighted by Crippen LogP contribution is -2.25. The fourth-order valence-electron chi connectivity index (χ4n) is 1.82. The number of rotatable bonds is 8. The van der Waals surface area contributed by atoms with Gasteiger partial charge in [-0.15, -0.1) is 0 Å². The van der Waals surface area contributed by atoms with Gasteiger partial charge >= 0.3 is 5.97 Å². The number of halogens is 1. The summed E-state index contributed by atoms with van der Waals surface area (Å²) in [4.78, 5) is 22.2. The first-order chi connectivity index (χ1) is 9.04. The zero-order valence-electron chi connectivity index (χ0n) is 10.8. The molecule has 0 aliphatic rings. The molecular formula is C13H18ClNO4. The van der Waals surface area contributed by atoms with Crippen LogP contribution >= 0.6 is 11.6 Å². The predicted octanol–water partition coefficient (Wildman–Crippen LogP) is 2.94. The van der Waals surface area contributed by atoms with E-state index in [-0.39, 0.29) is 17.5 Å². The Hall–Kier alpha value is -1.49. The predicted molar refractivity (Wildman–Crippen MR) is 71.3 cm³/mol. The first kappa shape index (κ1) is 15.6. The van der Waals surface area contributed by atoms with E-state index in [2.05, 4.69) is 5.32 Å². The molecule has 19 heavy (non-hydrogen) atoms. The second-order valence-electron chi connectivity index (χ2n) is 4.36. The molecule has 0 saturated heterocycles. The average Bonchev–Trinajstić information content (AvgIpc) is 2.79. The Morgan fingerprint density at radius 3 is 2.74 bits per heavy atom. The van der Waals surface area contributed by atoms with Crippen LogP contribution < -0.4 is 5.32 Å². The number of carboxylic acid groups (broad SMARTS) is 1. The molecule has 2 N–H and O–H groups in total. The van der Waals surface area contributed by atoms with Crippen LogP contribution in [0.1, 0.15) is 43.0 Å². The number of nitrogens with one attached hydrogen (secondary N) is 1. The number of furan rings is 1. The fourth-order valence-corrected chi connectivity index (χ4v) is 2.02. The molecule has 0 spiro atoms. The number of amides is 1. The molecule has 0 bridgehead atoms. The van der Waals surface area contributed by atoms with Crippen LogP contribution in [0.4, 0.5) is 0 Å². The van der Waals surface area contributed by atoms with Gasteiger partial charge in [0.2, 0.25) is 5.22 Å². The molecule has 1 aromatic heterocycles. The zero-order valence-corrected chi connectivity index (χ0v) is 11.6. The maximum Gasteiger partial charge on any atom is 0.303 e. The summed E-state index contributed by atoms with van der Waals surface area (Å²) in [5.41, 5.74) is 0.320. The fraction of sp³-hybridized carbons (Fsp3) is 0.538. The highest BCUT2D eigenvalue weighted by molar-refractivity contribution is 6.32. The van der Waals surface area contributed by atoms with Gasteiger partial charge in [0.15, 0.2) is 0 Å². The molecule has 1 amide bonds. The minimum Gasteiger partial charge on any atom is -0.481 e. The Morgan fingerprint density at radius 2 is 2.21 bits per heavy atom. The Balaban J connectivity index is 2.30. The number of aliphatic carboxylic acids is 1. The monoisotopic (exact) mass is 287 g/mol. The molecular weight excluding hydrogens is 270 g/mol. The lowest BCUT2D eigenvalue weighted by Gasteiger charge is -2.13. The molecule has 0 saturated carbocycles. The average molecular weight is 288 g/mol. The highest BCUT2D eigenvalue weighted by Gasteiger charge is 2.13. The van der Waals surface area contributed by atoms with Crippen molar-refractivity contribution in [2.75, 3.05) is 6.54 Å². The summed E-state index contributed by atoms with van der Waals surface area (Å²) in [6.45, 7) is 2.51. The molecule has 1 rings (SSSR count). The van der Waals surface area contributed by atoms with Gasteiger partial charge in [-0.1, -0.05) is 13.3 Å². The number of hydrogen-bond acceptors (Lipinski definition) is 3. The molecule has 0 aromatic carbocycles. The lowest BCUT2D eigenvalue weighted by atomic mass is 9.96. The molecule has 5 nitrogen and oxygen atoms in total. The van der Waals surface area contributed by atoms with Gasteiger partial charge in [-0.05, 0) is 36.4 Å². The molecule has 1 atom stereocenters. The largest absolute Gasteiger partial charge is 0.481 e. The van der Waals surface area contributed by atoms with Crippen LogP contribution in [0.15, 0.2) is 16.7 Å². The van der Waals surface area contributed by atoms with Gasteiger partial charge in [0.05, 0.1) is 11.8 Å². The van der Waals surface area contributed by atoms with E-state index in [1.807, 2.05) is 6.92 Å². The Morgan fingerprint density at radius 1 is 1.47 bits per heavy atom. The quantitative estimate of drug-likeness (QED) is 0.770. The van der Waals surface area contributed by atoms with Gasteiger partial charge < -0.3 is 14.8 Å². The van der Waals surface area contributed by atoms with Crippen LogP contribution in [-0.4, -0.2) is 23.5 Å². The third kappa shape index (κ3) is 5.34. The minimum atomic E-state index is -0.785. The zero-order chi connectivity index (χ0) is 14.3. The molecule has 0 fully saturated rings. The van der Waals surface area contributed by atoms with Crippen molar-refractivity contribution in [1.82, 2.24) is 5.32 Å². The van der Waals surface area contributed by atoms with Gasteiger partial charge in [-0.2, -0.15) is 0 Å². The SMILES string of the molecule is CCC(CCNC(=O)c1ccoc1Cl)CCC(=O)O. The van der Waals surface area contributed by atoms with Gasteiger partial charge in [0, 0.05) is 13.0 Å². The molecule has 0 radical (unpaired) electrons. The highest BCUT2D eigenvalue weighted by atomic mass is 35.5. The standard InChI is InChI=1S/C13H18ClNO4/c1-2-9(3-4-11(16)17)5-7-15-13(18)10-6-8-19-12(10)14/h6,8-9H,2-5,7H2,1H3,(H,15,18)(H,16,17). The van der Waals surface area contributed by atoms with E-state index in [0.29, 0.717) is 24.4 Å². The van der Waals surface area contributed by atoms with Gasteiger partial charge in [0.1, 0.15) is 0 Å². The molecule has 0 aliphatic heterocycles. The van der Waals surface area contributed by atoms with E-state index < -0.39 is 5.97 Å². The van der Waals surface area contributed by atoms with Crippen molar-refractivity contribution in [2.24, 2.45) is 5.92 Å². The molecule has 1 unspecified atom stereocenters. The first-order valence-corrected chi connectivity index (χ1v) is 6.65. The van der Waals surface area contributed by atoms with Gasteiger partial charge in [-0.3, -0.25) is 9.59 Å². The Kier molecular flexibility index (Phi) is 6.42. The van der Waals surface area contributed by atoms with Crippen LogP contribution in [0.2, 0.25) is 5.22 Å². The van der Waals surface area contributed by atoms with Crippen molar-refractivity contribution in [3.8, 4) is 0 Å². The maximum atomic E-state index is 11.7. The lowest BCUT2D eigenvalue weighted by molar-refractivity contribution is -0.137. The summed E-state index contributed by atoms with van der Waals surface area (Å²) >= 11 is 5.70. The second-order valence-corrected chi connectivity index (χ2v) is 4.70. The van der Waals surface area contributed by atoms with Gasteiger partial charge in [-0.25, -0.2) is 0 Å². The normalized spacial score (nSPS) is 12.1. The Labute approximate surface area is 116 Å². The van der Waals surface area contributed by atoms with Crippen LogP contribution in [0, 0.1) is 5.92 Å². The highest BCUT2D eigenvalue weighted by Crippen LogP contribution is 2.17. The van der Waals surface area contributed by atoms with Crippen LogP contribution in [0.3, 0.4) is 0 Å². The van der Waals surface area contributed by atoms with Gasteiger partial charge in [0.25, 0.3) is 5.91 Å². The van der Waals surface area contributed by atoms with Crippen LogP contribution in [0.25, 0.3) is 0 Å². The smallest absolute Gasteiger partial charge is 0.303 e. The van der Waals surface area contributed by atoms with E-state index in [1.54, 1.807) is 0 Å². The third-order valence-electron chi connectivity index (χ3n) is 3.04. The number of hydrogen-bond donors (Lipinski definition) is 2. The third-order valence-corrected chi connectivity index (χ3v) is 3.34. The van der Waals surface area contributed by atoms with Crippen LogP contribution in [0.5, 0.6) is 0 Å². The molecule has 1 aromatic rings. The number of carbonyl (C=O) groups is 2. The van der Waals surface area contributed by atoms with Crippen molar-refractivity contribution in [2.45, 2.75) is 32.6 Å². The molecule has 0 aliphatic carbocycles.